The predicted octanol–water partition coefficient (Wildman–Crippen LogP) is 3.89. The molecule has 0 aliphatic carbocycles. The number of amides is 2. The minimum atomic E-state index is -0.703. The van der Waals surface area contributed by atoms with E-state index in [0.717, 1.165) is 21.2 Å². The van der Waals surface area contributed by atoms with Gasteiger partial charge in [-0.2, -0.15) is 0 Å². The van der Waals surface area contributed by atoms with Gasteiger partial charge in [-0.1, -0.05) is 34.9 Å². The maximum Gasteiger partial charge on any atom is 0.374 e. The Balaban J connectivity index is 1.67. The first-order valence-electron chi connectivity index (χ1n) is 7.67. The van der Waals surface area contributed by atoms with Crippen LogP contribution in [-0.4, -0.2) is 22.8 Å². The highest BCUT2D eigenvalue weighted by atomic mass is 32.1. The minimum absolute atomic E-state index is 0.240. The third kappa shape index (κ3) is 2.34. The Morgan fingerprint density at radius 3 is 2.28 bits per heavy atom. The number of hydrogen-bond donors (Lipinski definition) is 0. The summed E-state index contributed by atoms with van der Waals surface area (Å²) >= 11 is 1.29. The van der Waals surface area contributed by atoms with Crippen molar-refractivity contribution in [1.29, 1.82) is 0 Å². The molecule has 0 fully saturated rings. The highest BCUT2D eigenvalue weighted by Crippen LogP contribution is 2.33. The van der Waals surface area contributed by atoms with Gasteiger partial charge in [0.25, 0.3) is 11.8 Å². The number of hydroxylamine groups is 2. The number of benzene rings is 2. The maximum atomic E-state index is 12.6. The molecule has 2 amide bonds. The topological polar surface area (TPSA) is 63.7 Å². The molecule has 0 atom stereocenters. The van der Waals surface area contributed by atoms with Gasteiger partial charge < -0.3 is 4.84 Å². The lowest BCUT2D eigenvalue weighted by Gasteiger charge is -2.12. The number of carbonyl (C=O) groups excluding carboxylic acids is 3. The largest absolute Gasteiger partial charge is 0.374 e. The summed E-state index contributed by atoms with van der Waals surface area (Å²) in [6.07, 6.45) is 0. The number of imide groups is 1. The molecule has 0 saturated carbocycles. The van der Waals surface area contributed by atoms with E-state index in [1.165, 1.54) is 23.5 Å². The lowest BCUT2D eigenvalue weighted by atomic mass is 10.1. The zero-order valence-corrected chi connectivity index (χ0v) is 14.3. The predicted molar refractivity (Wildman–Crippen MR) is 93.7 cm³/mol. The first-order chi connectivity index (χ1) is 12.0. The number of carbonyl (C=O) groups is 3. The van der Waals surface area contributed by atoms with Crippen molar-refractivity contribution in [3.8, 4) is 0 Å². The fourth-order valence-corrected chi connectivity index (χ4v) is 3.97. The standard InChI is InChI=1S/C19H13NO4S/c1-10-7-8-15-14(9-10)11(2)16(25-15)19(23)24-20-17(21)12-5-3-4-6-13(12)18(20)22/h3-9H,1-2H3. The molecule has 2 aromatic carbocycles. The third-order valence-electron chi connectivity index (χ3n) is 4.21. The van der Waals surface area contributed by atoms with Gasteiger partial charge in [-0.25, -0.2) is 4.79 Å². The van der Waals surface area contributed by atoms with Crippen LogP contribution in [0.3, 0.4) is 0 Å². The zero-order valence-electron chi connectivity index (χ0n) is 13.5. The molecule has 0 unspecified atom stereocenters. The minimum Gasteiger partial charge on any atom is -0.323 e. The van der Waals surface area contributed by atoms with Gasteiger partial charge in [0.2, 0.25) is 0 Å². The molecule has 4 rings (SSSR count). The molecule has 3 aromatic rings. The number of rotatable bonds is 2. The molecule has 1 aliphatic heterocycles. The SMILES string of the molecule is Cc1ccc2sc(C(=O)ON3C(=O)c4ccccc4C3=O)c(C)c2c1. The van der Waals surface area contributed by atoms with E-state index in [-0.39, 0.29) is 11.1 Å². The molecule has 2 heterocycles. The van der Waals surface area contributed by atoms with E-state index in [0.29, 0.717) is 9.94 Å². The maximum absolute atomic E-state index is 12.6. The summed E-state index contributed by atoms with van der Waals surface area (Å²) in [4.78, 5) is 42.7. The lowest BCUT2D eigenvalue weighted by Crippen LogP contribution is -2.32. The van der Waals surface area contributed by atoms with Gasteiger partial charge in [0.15, 0.2) is 0 Å². The van der Waals surface area contributed by atoms with Gasteiger partial charge >= 0.3 is 5.97 Å². The number of thiophene rings is 1. The van der Waals surface area contributed by atoms with Gasteiger partial charge in [-0.15, -0.1) is 11.3 Å². The Hall–Kier alpha value is -2.99. The Bertz CT molecular complexity index is 1030. The van der Waals surface area contributed by atoms with Crippen LogP contribution < -0.4 is 0 Å². The molecule has 5 nitrogen and oxygen atoms in total. The Morgan fingerprint density at radius 2 is 1.64 bits per heavy atom. The molecule has 0 bridgehead atoms. The Labute approximate surface area is 147 Å². The molecular formula is C19H13NO4S. The van der Waals surface area contributed by atoms with Crippen LogP contribution in [0.25, 0.3) is 10.1 Å². The molecule has 1 aliphatic rings. The van der Waals surface area contributed by atoms with Crippen LogP contribution in [-0.2, 0) is 4.84 Å². The van der Waals surface area contributed by atoms with Crippen molar-refractivity contribution in [3.63, 3.8) is 0 Å². The van der Waals surface area contributed by atoms with Crippen LogP contribution in [0.15, 0.2) is 42.5 Å². The summed E-state index contributed by atoms with van der Waals surface area (Å²) in [6, 6.07) is 12.3. The van der Waals surface area contributed by atoms with E-state index in [4.69, 9.17) is 4.84 Å². The number of aryl methyl sites for hydroxylation is 2. The van der Waals surface area contributed by atoms with Crippen molar-refractivity contribution >= 4 is 39.2 Å². The van der Waals surface area contributed by atoms with Gasteiger partial charge in [-0.05, 0) is 43.0 Å². The average molecular weight is 351 g/mol. The fraction of sp³-hybridized carbons (Fsp3) is 0.105. The van der Waals surface area contributed by atoms with Crippen LogP contribution in [0.4, 0.5) is 0 Å². The Kier molecular flexibility index (Phi) is 3.43. The highest BCUT2D eigenvalue weighted by molar-refractivity contribution is 7.21. The number of fused-ring (bicyclic) bond motifs is 2. The van der Waals surface area contributed by atoms with Crippen LogP contribution in [0.2, 0.25) is 0 Å². The van der Waals surface area contributed by atoms with Crippen LogP contribution >= 0.6 is 11.3 Å². The van der Waals surface area contributed by atoms with Crippen molar-refractivity contribution < 1.29 is 19.2 Å². The Morgan fingerprint density at radius 1 is 1.00 bits per heavy atom. The third-order valence-corrected chi connectivity index (χ3v) is 5.46. The fourth-order valence-electron chi connectivity index (χ4n) is 2.90. The van der Waals surface area contributed by atoms with Crippen LogP contribution in [0, 0.1) is 13.8 Å². The lowest BCUT2D eigenvalue weighted by molar-refractivity contribution is -0.0581. The van der Waals surface area contributed by atoms with Gasteiger partial charge in [0.05, 0.1) is 11.1 Å². The van der Waals surface area contributed by atoms with E-state index in [1.54, 1.807) is 12.1 Å². The second-order valence-electron chi connectivity index (χ2n) is 5.88. The van der Waals surface area contributed by atoms with Crippen LogP contribution in [0.5, 0.6) is 0 Å². The van der Waals surface area contributed by atoms with E-state index in [1.807, 2.05) is 32.0 Å². The smallest absolute Gasteiger partial charge is 0.323 e. The molecule has 0 spiro atoms. The van der Waals surface area contributed by atoms with E-state index in [2.05, 4.69) is 0 Å². The highest BCUT2D eigenvalue weighted by Gasteiger charge is 2.39. The second kappa shape index (κ2) is 5.53. The number of hydrogen-bond acceptors (Lipinski definition) is 5. The van der Waals surface area contributed by atoms with Crippen molar-refractivity contribution in [2.75, 3.05) is 0 Å². The summed E-state index contributed by atoms with van der Waals surface area (Å²) in [5.74, 6) is -1.95. The molecule has 6 heteroatoms. The van der Waals surface area contributed by atoms with E-state index >= 15 is 0 Å². The first-order valence-corrected chi connectivity index (χ1v) is 8.49. The quantitative estimate of drug-likeness (QED) is 0.657. The zero-order chi connectivity index (χ0) is 17.7. The summed E-state index contributed by atoms with van der Waals surface area (Å²) in [5.41, 5.74) is 2.35. The number of nitrogens with zero attached hydrogens (tertiary/aromatic N) is 1. The molecule has 0 radical (unpaired) electrons. The molecule has 25 heavy (non-hydrogen) atoms. The normalized spacial score (nSPS) is 13.4. The summed E-state index contributed by atoms with van der Waals surface area (Å²) in [6.45, 7) is 3.81. The van der Waals surface area contributed by atoms with Gasteiger partial charge in [0, 0.05) is 4.70 Å². The van der Waals surface area contributed by atoms with Gasteiger partial charge in [0.1, 0.15) is 4.88 Å². The molecular weight excluding hydrogens is 338 g/mol. The molecule has 124 valence electrons. The van der Waals surface area contributed by atoms with E-state index in [9.17, 15) is 14.4 Å². The summed E-state index contributed by atoms with van der Waals surface area (Å²) < 4.78 is 0.956. The van der Waals surface area contributed by atoms with E-state index < -0.39 is 17.8 Å². The van der Waals surface area contributed by atoms with Crippen molar-refractivity contribution in [2.45, 2.75) is 13.8 Å². The molecule has 0 N–H and O–H groups in total. The van der Waals surface area contributed by atoms with Crippen LogP contribution in [0.1, 0.15) is 41.5 Å². The average Bonchev–Trinajstić information content (AvgIpc) is 3.05. The first kappa shape index (κ1) is 15.5. The molecule has 0 saturated heterocycles. The van der Waals surface area contributed by atoms with Crippen molar-refractivity contribution in [2.24, 2.45) is 0 Å². The summed E-state index contributed by atoms with van der Waals surface area (Å²) in [7, 11) is 0. The second-order valence-corrected chi connectivity index (χ2v) is 6.94. The summed E-state index contributed by atoms with van der Waals surface area (Å²) in [5, 5.41) is 1.52. The van der Waals surface area contributed by atoms with Gasteiger partial charge in [-0.3, -0.25) is 9.59 Å². The van der Waals surface area contributed by atoms with Crippen molar-refractivity contribution in [1.82, 2.24) is 5.06 Å². The van der Waals surface area contributed by atoms with Crippen molar-refractivity contribution in [3.05, 3.63) is 69.6 Å². The molecule has 1 aromatic heterocycles. The monoisotopic (exact) mass is 351 g/mol.